The van der Waals surface area contributed by atoms with Gasteiger partial charge in [-0.05, 0) is 43.7 Å². The number of benzene rings is 2. The molecule has 0 fully saturated rings. The number of rotatable bonds is 4. The average molecular weight is 386 g/mol. The summed E-state index contributed by atoms with van der Waals surface area (Å²) in [6, 6.07) is 14.7. The molecule has 122 valence electrons. The van der Waals surface area contributed by atoms with Crippen LogP contribution in [-0.2, 0) is 4.79 Å². The van der Waals surface area contributed by atoms with Gasteiger partial charge < -0.3 is 0 Å². The maximum Gasteiger partial charge on any atom is 0.264 e. The van der Waals surface area contributed by atoms with Crippen molar-refractivity contribution in [3.05, 3.63) is 58.6 Å². The molecule has 0 radical (unpaired) electrons. The normalized spacial score (nSPS) is 13.0. The van der Waals surface area contributed by atoms with Crippen molar-refractivity contribution in [3.63, 3.8) is 0 Å². The third-order valence-corrected chi connectivity index (χ3v) is 4.25. The lowest BCUT2D eigenvalue weighted by Gasteiger charge is -2.11. The first-order valence-electron chi connectivity index (χ1n) is 7.46. The first kappa shape index (κ1) is 16.3. The summed E-state index contributed by atoms with van der Waals surface area (Å²) in [6.45, 7) is 3.61. The zero-order valence-electron chi connectivity index (χ0n) is 13.3. The summed E-state index contributed by atoms with van der Waals surface area (Å²) in [5.41, 5.74) is 5.84. The Morgan fingerprint density at radius 1 is 1.21 bits per heavy atom. The molecule has 1 amide bonds. The maximum atomic E-state index is 12.4. The number of hydrogen-bond acceptors (Lipinski definition) is 4. The fraction of sp³-hybridized carbons (Fsp3) is 0.176. The number of fused-ring (bicyclic) bond motifs is 1. The van der Waals surface area contributed by atoms with Crippen molar-refractivity contribution < 1.29 is 4.79 Å². The van der Waals surface area contributed by atoms with Crippen LogP contribution in [0.5, 0.6) is 0 Å². The van der Waals surface area contributed by atoms with Crippen LogP contribution in [0, 0.1) is 0 Å². The van der Waals surface area contributed by atoms with Crippen molar-refractivity contribution in [3.8, 4) is 0 Å². The first-order chi connectivity index (χ1) is 11.6. The molecular formula is C17H16BrN5O. The lowest BCUT2D eigenvalue weighted by Crippen LogP contribution is -2.28. The topological polar surface area (TPSA) is 72.2 Å². The molecule has 0 aliphatic rings. The fourth-order valence-corrected chi connectivity index (χ4v) is 2.54. The molecule has 1 atom stereocenters. The smallest absolute Gasteiger partial charge is 0.264 e. The van der Waals surface area contributed by atoms with Crippen molar-refractivity contribution in [2.24, 2.45) is 5.10 Å². The number of halogens is 1. The van der Waals surface area contributed by atoms with Crippen molar-refractivity contribution in [1.82, 2.24) is 20.4 Å². The molecule has 0 saturated heterocycles. The molecule has 1 N–H and O–H groups in total. The number of carbonyl (C=O) groups excluding carboxylic acids is 1. The van der Waals surface area contributed by atoms with E-state index in [0.29, 0.717) is 0 Å². The Balaban J connectivity index is 1.74. The molecule has 0 aliphatic carbocycles. The van der Waals surface area contributed by atoms with Gasteiger partial charge in [-0.15, -0.1) is 5.10 Å². The van der Waals surface area contributed by atoms with E-state index in [2.05, 4.69) is 36.8 Å². The van der Waals surface area contributed by atoms with Gasteiger partial charge in [0.1, 0.15) is 11.6 Å². The second-order valence-electron chi connectivity index (χ2n) is 5.38. The molecule has 7 heteroatoms. The van der Waals surface area contributed by atoms with Crippen LogP contribution in [0.1, 0.15) is 25.5 Å². The van der Waals surface area contributed by atoms with Gasteiger partial charge in [0.15, 0.2) is 0 Å². The Bertz CT molecular complexity index is 901. The molecule has 0 aliphatic heterocycles. The van der Waals surface area contributed by atoms with Crippen LogP contribution < -0.4 is 5.43 Å². The molecule has 1 heterocycles. The van der Waals surface area contributed by atoms with Gasteiger partial charge >= 0.3 is 0 Å². The zero-order chi connectivity index (χ0) is 17.1. The minimum absolute atomic E-state index is 0.248. The van der Waals surface area contributed by atoms with E-state index in [1.165, 1.54) is 0 Å². The Hall–Kier alpha value is -2.54. The molecule has 0 unspecified atom stereocenters. The summed E-state index contributed by atoms with van der Waals surface area (Å²) in [5.74, 6) is -0.248. The van der Waals surface area contributed by atoms with Crippen LogP contribution in [0.2, 0.25) is 0 Å². The van der Waals surface area contributed by atoms with E-state index >= 15 is 0 Å². The summed E-state index contributed by atoms with van der Waals surface area (Å²) in [6.07, 6.45) is 0. The van der Waals surface area contributed by atoms with Gasteiger partial charge in [-0.25, -0.2) is 10.1 Å². The van der Waals surface area contributed by atoms with Gasteiger partial charge in [-0.3, -0.25) is 4.79 Å². The number of aromatic nitrogens is 3. The highest BCUT2D eigenvalue weighted by Gasteiger charge is 2.18. The molecule has 3 rings (SSSR count). The molecule has 3 aromatic rings. The number of hydrogen-bond donors (Lipinski definition) is 1. The van der Waals surface area contributed by atoms with Crippen LogP contribution >= 0.6 is 15.9 Å². The monoisotopic (exact) mass is 385 g/mol. The Morgan fingerprint density at radius 3 is 2.67 bits per heavy atom. The van der Waals surface area contributed by atoms with E-state index in [1.54, 1.807) is 11.6 Å². The van der Waals surface area contributed by atoms with Crippen molar-refractivity contribution in [1.29, 1.82) is 0 Å². The van der Waals surface area contributed by atoms with Gasteiger partial charge in [-0.1, -0.05) is 45.4 Å². The quantitative estimate of drug-likeness (QED) is 0.553. The summed E-state index contributed by atoms with van der Waals surface area (Å²) < 4.78 is 2.59. The number of nitrogens with zero attached hydrogens (tertiary/aromatic N) is 4. The van der Waals surface area contributed by atoms with Gasteiger partial charge in [-0.2, -0.15) is 5.10 Å². The zero-order valence-corrected chi connectivity index (χ0v) is 14.9. The predicted molar refractivity (Wildman–Crippen MR) is 96.7 cm³/mol. The Kier molecular flexibility index (Phi) is 4.71. The number of hydrazone groups is 1. The van der Waals surface area contributed by atoms with E-state index in [0.717, 1.165) is 26.8 Å². The lowest BCUT2D eigenvalue weighted by molar-refractivity contribution is -0.124. The fourth-order valence-electron chi connectivity index (χ4n) is 2.27. The summed E-state index contributed by atoms with van der Waals surface area (Å²) in [7, 11) is 0. The van der Waals surface area contributed by atoms with Gasteiger partial charge in [0.05, 0.1) is 11.2 Å². The molecule has 24 heavy (non-hydrogen) atoms. The Labute approximate surface area is 147 Å². The minimum Gasteiger partial charge on any atom is -0.271 e. The number of nitrogens with one attached hydrogen (secondary N) is 1. The number of amides is 1. The van der Waals surface area contributed by atoms with E-state index in [-0.39, 0.29) is 5.91 Å². The third kappa shape index (κ3) is 3.35. The van der Waals surface area contributed by atoms with Crippen molar-refractivity contribution in [2.45, 2.75) is 19.9 Å². The predicted octanol–water partition coefficient (Wildman–Crippen LogP) is 3.30. The maximum absolute atomic E-state index is 12.4. The summed E-state index contributed by atoms with van der Waals surface area (Å²) >= 11 is 3.39. The standard InChI is InChI=1S/C17H16BrN5O/c1-11(13-7-9-14(18)10-8-13)19-21-17(24)12(2)23-16-6-4-3-5-15(16)20-22-23/h3-10,12H,1-2H3,(H,21,24)/t12-/m1/s1. The molecule has 0 saturated carbocycles. The van der Waals surface area contributed by atoms with Gasteiger partial charge in [0.2, 0.25) is 0 Å². The second kappa shape index (κ2) is 6.92. The van der Waals surface area contributed by atoms with E-state index < -0.39 is 6.04 Å². The van der Waals surface area contributed by atoms with E-state index in [9.17, 15) is 4.79 Å². The van der Waals surface area contributed by atoms with Crippen LogP contribution in [0.3, 0.4) is 0 Å². The average Bonchev–Trinajstić information content (AvgIpc) is 3.03. The van der Waals surface area contributed by atoms with Gasteiger partial charge in [0, 0.05) is 4.47 Å². The van der Waals surface area contributed by atoms with Crippen LogP contribution in [0.25, 0.3) is 11.0 Å². The minimum atomic E-state index is -0.515. The molecule has 0 bridgehead atoms. The van der Waals surface area contributed by atoms with Crippen molar-refractivity contribution in [2.75, 3.05) is 0 Å². The summed E-state index contributed by atoms with van der Waals surface area (Å²) in [4.78, 5) is 12.4. The van der Waals surface area contributed by atoms with Crippen LogP contribution in [0.4, 0.5) is 0 Å². The van der Waals surface area contributed by atoms with Crippen molar-refractivity contribution >= 4 is 38.6 Å². The van der Waals surface area contributed by atoms with E-state index in [4.69, 9.17) is 0 Å². The number of carbonyl (C=O) groups is 1. The molecule has 6 nitrogen and oxygen atoms in total. The molecule has 1 aromatic heterocycles. The van der Waals surface area contributed by atoms with E-state index in [1.807, 2.05) is 55.5 Å². The third-order valence-electron chi connectivity index (χ3n) is 3.72. The number of para-hydroxylation sites is 1. The highest BCUT2D eigenvalue weighted by atomic mass is 79.9. The highest BCUT2D eigenvalue weighted by Crippen LogP contribution is 2.15. The molecule has 0 spiro atoms. The van der Waals surface area contributed by atoms with Crippen LogP contribution in [0.15, 0.2) is 58.1 Å². The lowest BCUT2D eigenvalue weighted by atomic mass is 10.1. The summed E-state index contributed by atoms with van der Waals surface area (Å²) in [5, 5.41) is 12.3. The molecular weight excluding hydrogens is 370 g/mol. The first-order valence-corrected chi connectivity index (χ1v) is 8.25. The molecule has 2 aromatic carbocycles. The van der Waals surface area contributed by atoms with Gasteiger partial charge in [0.25, 0.3) is 5.91 Å². The SMILES string of the molecule is CC(=NNC(=O)[C@@H](C)n1nnc2ccccc21)c1ccc(Br)cc1. The van der Waals surface area contributed by atoms with Crippen LogP contribution in [-0.4, -0.2) is 26.6 Å². The second-order valence-corrected chi connectivity index (χ2v) is 6.29. The Morgan fingerprint density at radius 2 is 1.92 bits per heavy atom. The largest absolute Gasteiger partial charge is 0.271 e. The highest BCUT2D eigenvalue weighted by molar-refractivity contribution is 9.10.